The molecule has 2 rings (SSSR count). The van der Waals surface area contributed by atoms with E-state index in [9.17, 15) is 4.79 Å². The molecule has 0 amide bonds. The van der Waals surface area contributed by atoms with Gasteiger partial charge in [-0.25, -0.2) is 0 Å². The lowest BCUT2D eigenvalue weighted by Crippen LogP contribution is -2.12. The van der Waals surface area contributed by atoms with Gasteiger partial charge in [0.25, 0.3) is 0 Å². The van der Waals surface area contributed by atoms with Gasteiger partial charge in [0, 0.05) is 17.1 Å². The maximum Gasteiger partial charge on any atom is 0.197 e. The summed E-state index contributed by atoms with van der Waals surface area (Å²) < 4.78 is 5.54. The summed E-state index contributed by atoms with van der Waals surface area (Å²) in [6.45, 7) is 3.90. The fraction of sp³-hybridized carbons (Fsp3) is 0.250. The lowest BCUT2D eigenvalue weighted by atomic mass is 10.2. The average molecular weight is 272 g/mol. The summed E-state index contributed by atoms with van der Waals surface area (Å²) in [5, 5.41) is 4.15. The van der Waals surface area contributed by atoms with Crippen molar-refractivity contribution in [2.75, 3.05) is 5.32 Å². The summed E-state index contributed by atoms with van der Waals surface area (Å²) in [5.41, 5.74) is 0.186. The van der Waals surface area contributed by atoms with Crippen LogP contribution in [0.25, 0.3) is 11.0 Å². The Morgan fingerprint density at radius 1 is 1.24 bits per heavy atom. The van der Waals surface area contributed by atoms with E-state index in [2.05, 4.69) is 5.32 Å². The molecule has 0 atom stereocenters. The van der Waals surface area contributed by atoms with Crippen molar-refractivity contribution in [2.45, 2.75) is 19.9 Å². The largest absolute Gasteiger partial charge is 0.439 e. The van der Waals surface area contributed by atoms with Crippen molar-refractivity contribution in [2.24, 2.45) is 0 Å². The summed E-state index contributed by atoms with van der Waals surface area (Å²) in [4.78, 5) is 11.9. The molecule has 0 aliphatic carbocycles. The predicted molar refractivity (Wildman–Crippen MR) is 71.3 cm³/mol. The lowest BCUT2D eigenvalue weighted by Gasteiger charge is -2.09. The minimum absolute atomic E-state index is 0.168. The first kappa shape index (κ1) is 12.3. The van der Waals surface area contributed by atoms with Gasteiger partial charge in [-0.2, -0.15) is 0 Å². The maximum absolute atomic E-state index is 11.9. The number of nitrogens with one attached hydrogen (secondary N) is 1. The Morgan fingerprint density at radius 3 is 2.59 bits per heavy atom. The number of rotatable bonds is 2. The van der Waals surface area contributed by atoms with Gasteiger partial charge in [-0.05, 0) is 26.0 Å². The molecule has 90 valence electrons. The second-order valence-corrected chi connectivity index (χ2v) is 4.88. The molecule has 1 N–H and O–H groups in total. The van der Waals surface area contributed by atoms with Crippen molar-refractivity contribution in [3.05, 3.63) is 38.5 Å². The third-order valence-corrected chi connectivity index (χ3v) is 2.68. The molecule has 0 fully saturated rings. The third kappa shape index (κ3) is 2.56. The first-order chi connectivity index (χ1) is 7.97. The van der Waals surface area contributed by atoms with Crippen LogP contribution >= 0.6 is 23.2 Å². The summed E-state index contributed by atoms with van der Waals surface area (Å²) in [6, 6.07) is 4.66. The van der Waals surface area contributed by atoms with Crippen LogP contribution in [0.5, 0.6) is 0 Å². The summed E-state index contributed by atoms with van der Waals surface area (Å²) in [7, 11) is 0. The van der Waals surface area contributed by atoms with Gasteiger partial charge < -0.3 is 9.73 Å². The number of fused-ring (bicyclic) bond motifs is 1. The van der Waals surface area contributed by atoms with E-state index in [1.165, 1.54) is 6.07 Å². The maximum atomic E-state index is 11.9. The van der Waals surface area contributed by atoms with E-state index in [0.29, 0.717) is 26.9 Å². The number of hydrogen-bond acceptors (Lipinski definition) is 3. The van der Waals surface area contributed by atoms with E-state index >= 15 is 0 Å². The van der Waals surface area contributed by atoms with Crippen molar-refractivity contribution in [3.63, 3.8) is 0 Å². The van der Waals surface area contributed by atoms with E-state index in [4.69, 9.17) is 27.6 Å². The van der Waals surface area contributed by atoms with Crippen LogP contribution in [0.3, 0.4) is 0 Å². The highest BCUT2D eigenvalue weighted by Crippen LogP contribution is 2.27. The minimum atomic E-state index is -0.168. The van der Waals surface area contributed by atoms with Gasteiger partial charge in [-0.15, -0.1) is 0 Å². The Hall–Kier alpha value is -1.19. The molecular formula is C12H11Cl2NO2. The van der Waals surface area contributed by atoms with E-state index in [0.717, 1.165) is 0 Å². The van der Waals surface area contributed by atoms with Crippen LogP contribution in [0.1, 0.15) is 13.8 Å². The van der Waals surface area contributed by atoms with Gasteiger partial charge in [0.2, 0.25) is 0 Å². The number of anilines is 1. The zero-order valence-corrected chi connectivity index (χ0v) is 10.9. The number of hydrogen-bond donors (Lipinski definition) is 1. The van der Waals surface area contributed by atoms with Crippen LogP contribution in [-0.2, 0) is 0 Å². The SMILES string of the molecule is CC(C)Nc1cc(=O)c2cc(Cl)cc(Cl)c2o1. The van der Waals surface area contributed by atoms with Crippen LogP contribution in [0.15, 0.2) is 27.4 Å². The smallest absolute Gasteiger partial charge is 0.197 e. The average Bonchev–Trinajstić information content (AvgIpc) is 2.19. The van der Waals surface area contributed by atoms with Crippen LogP contribution < -0.4 is 10.7 Å². The van der Waals surface area contributed by atoms with Crippen LogP contribution in [-0.4, -0.2) is 6.04 Å². The second-order valence-electron chi connectivity index (χ2n) is 4.04. The van der Waals surface area contributed by atoms with Crippen molar-refractivity contribution < 1.29 is 4.42 Å². The van der Waals surface area contributed by atoms with Crippen LogP contribution in [0.2, 0.25) is 10.0 Å². The molecule has 17 heavy (non-hydrogen) atoms. The molecule has 0 unspecified atom stereocenters. The molecule has 1 aromatic heterocycles. The Balaban J connectivity index is 2.69. The first-order valence-corrected chi connectivity index (χ1v) is 5.92. The predicted octanol–water partition coefficient (Wildman–Crippen LogP) is 3.92. The summed E-state index contributed by atoms with van der Waals surface area (Å²) in [5.74, 6) is 0.404. The normalized spacial score (nSPS) is 11.1. The molecule has 5 heteroatoms. The second kappa shape index (κ2) is 4.59. The molecule has 0 saturated heterocycles. The zero-order valence-electron chi connectivity index (χ0n) is 9.38. The number of benzene rings is 1. The molecule has 0 bridgehead atoms. The molecule has 1 aromatic carbocycles. The van der Waals surface area contributed by atoms with Gasteiger partial charge in [0.05, 0.1) is 10.4 Å². The van der Waals surface area contributed by atoms with Crippen LogP contribution in [0.4, 0.5) is 5.88 Å². The highest BCUT2D eigenvalue weighted by atomic mass is 35.5. The Bertz CT molecular complexity index is 620. The fourth-order valence-corrected chi connectivity index (χ4v) is 2.07. The summed E-state index contributed by atoms with van der Waals surface area (Å²) in [6.07, 6.45) is 0. The van der Waals surface area contributed by atoms with Gasteiger partial charge >= 0.3 is 0 Å². The third-order valence-electron chi connectivity index (χ3n) is 2.18. The quantitative estimate of drug-likeness (QED) is 0.900. The van der Waals surface area contributed by atoms with Gasteiger partial charge in [0.15, 0.2) is 16.9 Å². The monoisotopic (exact) mass is 271 g/mol. The molecule has 0 radical (unpaired) electrons. The topological polar surface area (TPSA) is 42.2 Å². The molecule has 0 aliphatic heterocycles. The van der Waals surface area contributed by atoms with Crippen molar-refractivity contribution in [1.29, 1.82) is 0 Å². The Labute approximate surface area is 108 Å². The van der Waals surface area contributed by atoms with E-state index < -0.39 is 0 Å². The molecular weight excluding hydrogens is 261 g/mol. The van der Waals surface area contributed by atoms with Crippen molar-refractivity contribution >= 4 is 40.1 Å². The standard InChI is InChI=1S/C12H11Cl2NO2/c1-6(2)15-11-5-10(16)8-3-7(13)4-9(14)12(8)17-11/h3-6,15H,1-2H3. The van der Waals surface area contributed by atoms with E-state index in [1.54, 1.807) is 12.1 Å². The van der Waals surface area contributed by atoms with Crippen molar-refractivity contribution in [1.82, 2.24) is 0 Å². The summed E-state index contributed by atoms with van der Waals surface area (Å²) >= 11 is 11.8. The first-order valence-electron chi connectivity index (χ1n) is 5.17. The lowest BCUT2D eigenvalue weighted by molar-refractivity contribution is 0.606. The highest BCUT2D eigenvalue weighted by Gasteiger charge is 2.10. The van der Waals surface area contributed by atoms with E-state index in [-0.39, 0.29) is 11.5 Å². The van der Waals surface area contributed by atoms with Crippen molar-refractivity contribution in [3.8, 4) is 0 Å². The molecule has 1 heterocycles. The molecule has 0 saturated carbocycles. The molecule has 3 nitrogen and oxygen atoms in total. The van der Waals surface area contributed by atoms with Gasteiger partial charge in [0.1, 0.15) is 0 Å². The van der Waals surface area contributed by atoms with Gasteiger partial charge in [-0.1, -0.05) is 23.2 Å². The van der Waals surface area contributed by atoms with Crippen LogP contribution in [0, 0.1) is 0 Å². The molecule has 0 spiro atoms. The minimum Gasteiger partial charge on any atom is -0.439 e. The fourth-order valence-electron chi connectivity index (χ4n) is 1.54. The molecule has 2 aromatic rings. The number of halogens is 2. The Kier molecular flexibility index (Phi) is 3.31. The zero-order chi connectivity index (χ0) is 12.6. The van der Waals surface area contributed by atoms with Gasteiger partial charge in [-0.3, -0.25) is 4.79 Å². The molecule has 0 aliphatic rings. The Morgan fingerprint density at radius 2 is 1.94 bits per heavy atom. The van der Waals surface area contributed by atoms with E-state index in [1.807, 2.05) is 13.8 Å². The highest BCUT2D eigenvalue weighted by molar-refractivity contribution is 6.38.